The average molecular weight is 455 g/mol. The second-order valence-corrected chi connectivity index (χ2v) is 7.97. The number of hydrogen-bond acceptors (Lipinski definition) is 8. The summed E-state index contributed by atoms with van der Waals surface area (Å²) >= 11 is 1.37. The fourth-order valence-electron chi connectivity index (χ4n) is 3.10. The standard InChI is InChI=1S/C24H26N2O5S/c1-4-31-20(28)14-13-19(27)21(25)24-26-22(15-5-9-17(29-2)10-6-15)23(32-24)16-7-11-18(30-3)12-8-16/h5-12,21H,4,13-14,25H2,1-3H3. The highest BCUT2D eigenvalue weighted by Crippen LogP contribution is 2.39. The molecule has 1 aromatic heterocycles. The highest BCUT2D eigenvalue weighted by Gasteiger charge is 2.24. The first-order valence-corrected chi connectivity index (χ1v) is 11.0. The summed E-state index contributed by atoms with van der Waals surface area (Å²) in [6, 6.07) is 14.3. The average Bonchev–Trinajstić information content (AvgIpc) is 3.27. The fourth-order valence-corrected chi connectivity index (χ4v) is 4.22. The molecule has 0 amide bonds. The molecule has 1 heterocycles. The van der Waals surface area contributed by atoms with Crippen molar-refractivity contribution in [3.63, 3.8) is 0 Å². The number of methoxy groups -OCH3 is 2. The van der Waals surface area contributed by atoms with Crippen LogP contribution < -0.4 is 15.2 Å². The molecule has 32 heavy (non-hydrogen) atoms. The second-order valence-electron chi connectivity index (χ2n) is 6.94. The molecule has 8 heteroatoms. The van der Waals surface area contributed by atoms with Crippen LogP contribution in [0.25, 0.3) is 21.7 Å². The van der Waals surface area contributed by atoms with Crippen LogP contribution in [0.4, 0.5) is 0 Å². The maximum absolute atomic E-state index is 12.6. The van der Waals surface area contributed by atoms with Gasteiger partial charge in [0.1, 0.15) is 22.5 Å². The van der Waals surface area contributed by atoms with Crippen molar-refractivity contribution in [2.45, 2.75) is 25.8 Å². The van der Waals surface area contributed by atoms with Gasteiger partial charge < -0.3 is 19.9 Å². The van der Waals surface area contributed by atoms with Crippen LogP contribution in [0.5, 0.6) is 11.5 Å². The number of rotatable bonds is 10. The second kappa shape index (κ2) is 10.9. The van der Waals surface area contributed by atoms with E-state index >= 15 is 0 Å². The van der Waals surface area contributed by atoms with Gasteiger partial charge in [-0.25, -0.2) is 4.98 Å². The Kier molecular flexibility index (Phi) is 7.97. The third-order valence-corrected chi connectivity index (χ3v) is 6.04. The van der Waals surface area contributed by atoms with Gasteiger partial charge in [0.05, 0.1) is 37.8 Å². The van der Waals surface area contributed by atoms with E-state index in [0.717, 1.165) is 33.2 Å². The summed E-state index contributed by atoms with van der Waals surface area (Å²) in [5.74, 6) is 0.816. The third-order valence-electron chi connectivity index (χ3n) is 4.85. The van der Waals surface area contributed by atoms with Crippen LogP contribution in [0.3, 0.4) is 0 Å². The molecule has 0 aliphatic carbocycles. The summed E-state index contributed by atoms with van der Waals surface area (Å²) < 4.78 is 15.4. The molecule has 168 valence electrons. The first kappa shape index (κ1) is 23.4. The molecule has 0 spiro atoms. The minimum atomic E-state index is -0.918. The molecule has 0 radical (unpaired) electrons. The van der Waals surface area contributed by atoms with Crippen molar-refractivity contribution in [2.24, 2.45) is 5.73 Å². The summed E-state index contributed by atoms with van der Waals surface area (Å²) in [4.78, 5) is 29.8. The van der Waals surface area contributed by atoms with Crippen molar-refractivity contribution in [2.75, 3.05) is 20.8 Å². The van der Waals surface area contributed by atoms with Crippen LogP contribution in [0.2, 0.25) is 0 Å². The number of ketones is 1. The van der Waals surface area contributed by atoms with Crippen molar-refractivity contribution in [1.82, 2.24) is 4.98 Å². The molecule has 3 aromatic rings. The van der Waals surface area contributed by atoms with Gasteiger partial charge in [-0.2, -0.15) is 0 Å². The van der Waals surface area contributed by atoms with Gasteiger partial charge in [-0.3, -0.25) is 9.59 Å². The number of hydrogen-bond donors (Lipinski definition) is 1. The third kappa shape index (κ3) is 5.52. The smallest absolute Gasteiger partial charge is 0.306 e. The Hall–Kier alpha value is -3.23. The van der Waals surface area contributed by atoms with Crippen LogP contribution in [0, 0.1) is 0 Å². The number of carbonyl (C=O) groups excluding carboxylic acids is 2. The molecular weight excluding hydrogens is 428 g/mol. The SMILES string of the molecule is CCOC(=O)CCC(=O)C(N)c1nc(-c2ccc(OC)cc2)c(-c2ccc(OC)cc2)s1. The summed E-state index contributed by atoms with van der Waals surface area (Å²) in [6.45, 7) is 2.00. The van der Waals surface area contributed by atoms with Gasteiger partial charge >= 0.3 is 5.97 Å². The van der Waals surface area contributed by atoms with E-state index in [1.165, 1.54) is 11.3 Å². The predicted molar refractivity (Wildman–Crippen MR) is 124 cm³/mol. The van der Waals surface area contributed by atoms with Crippen molar-refractivity contribution in [3.05, 3.63) is 53.5 Å². The zero-order valence-corrected chi connectivity index (χ0v) is 19.1. The zero-order chi connectivity index (χ0) is 23.1. The lowest BCUT2D eigenvalue weighted by atomic mass is 10.1. The Morgan fingerprint density at radius 3 is 2.03 bits per heavy atom. The maximum Gasteiger partial charge on any atom is 0.306 e. The summed E-state index contributed by atoms with van der Waals surface area (Å²) in [7, 11) is 3.23. The van der Waals surface area contributed by atoms with Crippen LogP contribution in [0.15, 0.2) is 48.5 Å². The monoisotopic (exact) mass is 454 g/mol. The summed E-state index contributed by atoms with van der Waals surface area (Å²) in [5, 5.41) is 0.496. The number of nitrogens with two attached hydrogens (primary N) is 1. The zero-order valence-electron chi connectivity index (χ0n) is 18.3. The molecule has 0 aliphatic heterocycles. The Morgan fingerprint density at radius 1 is 0.938 bits per heavy atom. The van der Waals surface area contributed by atoms with Crippen molar-refractivity contribution in [1.29, 1.82) is 0 Å². The molecule has 0 fully saturated rings. The van der Waals surface area contributed by atoms with Crippen molar-refractivity contribution in [3.8, 4) is 33.2 Å². The quantitative estimate of drug-likeness (QED) is 0.453. The molecule has 0 saturated carbocycles. The Labute approximate surface area is 191 Å². The van der Waals surface area contributed by atoms with E-state index in [0.29, 0.717) is 5.01 Å². The number of aromatic nitrogens is 1. The Bertz CT molecular complexity index is 996. The lowest BCUT2D eigenvalue weighted by Gasteiger charge is -2.07. The van der Waals surface area contributed by atoms with E-state index in [-0.39, 0.29) is 25.2 Å². The number of ether oxygens (including phenoxy) is 3. The number of Topliss-reactive ketones (excluding diaryl/α,β-unsaturated/α-hetero) is 1. The Balaban J connectivity index is 1.94. The largest absolute Gasteiger partial charge is 0.497 e. The van der Waals surface area contributed by atoms with E-state index in [9.17, 15) is 9.59 Å². The van der Waals surface area contributed by atoms with E-state index < -0.39 is 12.0 Å². The number of carbonyl (C=O) groups is 2. The van der Waals surface area contributed by atoms with Gasteiger partial charge in [-0.1, -0.05) is 0 Å². The molecule has 0 bridgehead atoms. The van der Waals surface area contributed by atoms with E-state index in [1.54, 1.807) is 21.1 Å². The van der Waals surface area contributed by atoms with E-state index in [4.69, 9.17) is 24.9 Å². The van der Waals surface area contributed by atoms with Crippen LogP contribution >= 0.6 is 11.3 Å². The van der Waals surface area contributed by atoms with E-state index in [2.05, 4.69) is 0 Å². The van der Waals surface area contributed by atoms with Gasteiger partial charge in [0.2, 0.25) is 0 Å². The molecule has 1 atom stereocenters. The summed E-state index contributed by atoms with van der Waals surface area (Å²) in [6.07, 6.45) is 0.0116. The number of nitrogens with zero attached hydrogens (tertiary/aromatic N) is 1. The molecule has 1 unspecified atom stereocenters. The lowest BCUT2D eigenvalue weighted by Crippen LogP contribution is -2.22. The number of benzene rings is 2. The minimum Gasteiger partial charge on any atom is -0.497 e. The number of thiazole rings is 1. The Morgan fingerprint density at radius 2 is 1.50 bits per heavy atom. The fraction of sp³-hybridized carbons (Fsp3) is 0.292. The van der Waals surface area contributed by atoms with Gasteiger partial charge in [0.15, 0.2) is 5.78 Å². The van der Waals surface area contributed by atoms with Crippen LogP contribution in [-0.4, -0.2) is 37.6 Å². The molecule has 0 aliphatic rings. The predicted octanol–water partition coefficient (Wildman–Crippen LogP) is 4.41. The number of esters is 1. The lowest BCUT2D eigenvalue weighted by molar-refractivity contribution is -0.144. The highest BCUT2D eigenvalue weighted by atomic mass is 32.1. The van der Waals surface area contributed by atoms with Crippen LogP contribution in [0.1, 0.15) is 30.8 Å². The van der Waals surface area contributed by atoms with Gasteiger partial charge in [0.25, 0.3) is 0 Å². The molecule has 2 aromatic carbocycles. The normalized spacial score (nSPS) is 11.6. The highest BCUT2D eigenvalue weighted by molar-refractivity contribution is 7.15. The maximum atomic E-state index is 12.6. The van der Waals surface area contributed by atoms with Gasteiger partial charge in [-0.05, 0) is 61.0 Å². The van der Waals surface area contributed by atoms with Gasteiger partial charge in [-0.15, -0.1) is 11.3 Å². The first-order chi connectivity index (χ1) is 15.5. The molecule has 7 nitrogen and oxygen atoms in total. The first-order valence-electron chi connectivity index (χ1n) is 10.2. The van der Waals surface area contributed by atoms with Crippen LogP contribution in [-0.2, 0) is 14.3 Å². The molecule has 2 N–H and O–H groups in total. The van der Waals surface area contributed by atoms with Crippen molar-refractivity contribution >= 4 is 23.1 Å². The minimum absolute atomic E-state index is 0.00240. The molecule has 0 saturated heterocycles. The topological polar surface area (TPSA) is 101 Å². The van der Waals surface area contributed by atoms with Crippen molar-refractivity contribution < 1.29 is 23.8 Å². The molecular formula is C24H26N2O5S. The molecule has 3 rings (SSSR count). The van der Waals surface area contributed by atoms with E-state index in [1.807, 2.05) is 48.5 Å². The van der Waals surface area contributed by atoms with Gasteiger partial charge in [0, 0.05) is 12.0 Å². The summed E-state index contributed by atoms with van der Waals surface area (Å²) in [5.41, 5.74) is 8.78.